The third-order valence-corrected chi connectivity index (χ3v) is 9.35. The zero-order chi connectivity index (χ0) is 36.4. The number of hydrogen-bond acceptors (Lipinski definition) is 13. The molecule has 0 aromatic rings. The van der Waals surface area contributed by atoms with Crippen LogP contribution in [-0.4, -0.2) is 122 Å². The number of ether oxygens (including phenoxy) is 5. The van der Waals surface area contributed by atoms with Crippen molar-refractivity contribution in [2.75, 3.05) is 0 Å². The Kier molecular flexibility index (Phi) is 14.9. The molecule has 0 radical (unpaired) electrons. The SMILES string of the molecule is CCCC[C@@H]1CC=CC=CC=CC=C[C@H](O[C@@H]2O[C@H](C)[C@@H](O)[C@H](N)[C@@H]2O)C[C@H]2O[C@](O)(C[C@H](O)C[C@@H]3O[C@H]3C=CC(=O)O1)C[C@H](O)[C@@H]2C(=O)O. The van der Waals surface area contributed by atoms with Crippen LogP contribution in [0.4, 0.5) is 0 Å². The van der Waals surface area contributed by atoms with Gasteiger partial charge in [-0.2, -0.15) is 0 Å². The largest absolute Gasteiger partial charge is 0.481 e. The van der Waals surface area contributed by atoms with Crippen molar-refractivity contribution < 1.29 is 63.9 Å². The third kappa shape index (κ3) is 11.6. The molecule has 4 rings (SSSR count). The van der Waals surface area contributed by atoms with Gasteiger partial charge in [0.15, 0.2) is 12.1 Å². The number of rotatable bonds is 6. The second-order valence-corrected chi connectivity index (χ2v) is 13.5. The maximum Gasteiger partial charge on any atom is 0.330 e. The number of cyclic esters (lactones) is 1. The predicted octanol–water partition coefficient (Wildman–Crippen LogP) is 1.29. The van der Waals surface area contributed by atoms with Crippen molar-refractivity contribution in [1.29, 1.82) is 0 Å². The van der Waals surface area contributed by atoms with E-state index in [-0.39, 0.29) is 25.4 Å². The fourth-order valence-electron chi connectivity index (χ4n) is 6.54. The van der Waals surface area contributed by atoms with Gasteiger partial charge in [-0.25, -0.2) is 4.79 Å². The summed E-state index contributed by atoms with van der Waals surface area (Å²) in [7, 11) is 0. The van der Waals surface area contributed by atoms with Crippen molar-refractivity contribution in [1.82, 2.24) is 0 Å². The summed E-state index contributed by atoms with van der Waals surface area (Å²) in [6.07, 6.45) is 8.24. The van der Waals surface area contributed by atoms with E-state index in [4.69, 9.17) is 29.4 Å². The van der Waals surface area contributed by atoms with Crippen LogP contribution in [0.5, 0.6) is 0 Å². The predicted molar refractivity (Wildman–Crippen MR) is 179 cm³/mol. The van der Waals surface area contributed by atoms with Gasteiger partial charge < -0.3 is 60.1 Å². The van der Waals surface area contributed by atoms with E-state index < -0.39 is 97.3 Å². The fourth-order valence-corrected chi connectivity index (χ4v) is 6.54. The number of carboxylic acid groups (broad SMARTS) is 1. The first kappa shape index (κ1) is 40.0. The highest BCUT2D eigenvalue weighted by molar-refractivity contribution is 5.82. The van der Waals surface area contributed by atoms with Crippen LogP contribution < -0.4 is 5.73 Å². The van der Waals surface area contributed by atoms with Gasteiger partial charge in [0.05, 0.1) is 48.8 Å². The Labute approximate surface area is 292 Å². The van der Waals surface area contributed by atoms with Gasteiger partial charge >= 0.3 is 11.9 Å². The molecule has 3 fully saturated rings. The molecule has 14 heteroatoms. The van der Waals surface area contributed by atoms with Crippen molar-refractivity contribution >= 4 is 11.9 Å². The summed E-state index contributed by atoms with van der Waals surface area (Å²) in [5.74, 6) is -5.41. The minimum atomic E-state index is -2.10. The standard InChI is InChI=1S/C36H53NO13/c1-3-4-12-23-13-10-8-6-5-7-9-11-14-24(48-35-33(42)31(37)32(41)21(2)46-35)18-28-30(34(43)44)25(39)20-36(45,50-28)19-22(38)17-27-26(49-27)15-16-29(40)47-23/h5-11,14-16,21-28,30-33,35,38-39,41-42,45H,3-4,12-13,17-20,37H2,1-2H3,(H,43,44)/t21-,22-,23-,24+,25+,26+,27+,28-,30+,31+,32-,33+,35+,36-/m1/s1. The normalized spacial score (nSPS) is 41.9. The van der Waals surface area contributed by atoms with Crippen LogP contribution in [0, 0.1) is 5.92 Å². The fraction of sp³-hybridized carbons (Fsp3) is 0.667. The van der Waals surface area contributed by atoms with Gasteiger partial charge in [0.2, 0.25) is 0 Å². The second kappa shape index (κ2) is 18.6. The van der Waals surface area contributed by atoms with Crippen molar-refractivity contribution in [2.24, 2.45) is 11.7 Å². The Morgan fingerprint density at radius 3 is 2.42 bits per heavy atom. The molecule has 0 amide bonds. The summed E-state index contributed by atoms with van der Waals surface area (Å²) in [5.41, 5.74) is 6.00. The van der Waals surface area contributed by atoms with Crippen molar-refractivity contribution in [2.45, 2.75) is 144 Å². The number of unbranched alkanes of at least 4 members (excludes halogenated alkanes) is 1. The first-order valence-corrected chi connectivity index (χ1v) is 17.4. The quantitative estimate of drug-likeness (QED) is 0.152. The van der Waals surface area contributed by atoms with E-state index in [0.29, 0.717) is 6.42 Å². The lowest BCUT2D eigenvalue weighted by Crippen LogP contribution is -2.61. The number of carbonyl (C=O) groups is 2. The van der Waals surface area contributed by atoms with Crippen LogP contribution in [0.2, 0.25) is 0 Å². The van der Waals surface area contributed by atoms with E-state index in [0.717, 1.165) is 19.3 Å². The summed E-state index contributed by atoms with van der Waals surface area (Å²) in [4.78, 5) is 24.8. The molecule has 14 atom stereocenters. The number of fused-ring (bicyclic) bond motifs is 3. The minimum Gasteiger partial charge on any atom is -0.481 e. The number of aliphatic hydroxyl groups excluding tert-OH is 4. The molecule has 0 saturated carbocycles. The van der Waals surface area contributed by atoms with E-state index in [1.807, 2.05) is 18.2 Å². The molecule has 0 aromatic heterocycles. The number of aliphatic hydroxyl groups is 5. The Bertz CT molecular complexity index is 1270. The van der Waals surface area contributed by atoms with Crippen molar-refractivity contribution in [3.8, 4) is 0 Å². The van der Waals surface area contributed by atoms with Gasteiger partial charge in [-0.3, -0.25) is 4.79 Å². The summed E-state index contributed by atoms with van der Waals surface area (Å²) >= 11 is 0. The van der Waals surface area contributed by atoms with E-state index in [9.17, 15) is 40.2 Å². The number of hydrogen-bond donors (Lipinski definition) is 7. The lowest BCUT2D eigenvalue weighted by atomic mass is 9.83. The molecule has 280 valence electrons. The lowest BCUT2D eigenvalue weighted by molar-refractivity contribution is -0.308. The molecule has 3 saturated heterocycles. The minimum absolute atomic E-state index is 0.0816. The molecule has 14 nitrogen and oxygen atoms in total. The van der Waals surface area contributed by atoms with Crippen molar-refractivity contribution in [3.63, 3.8) is 0 Å². The first-order valence-electron chi connectivity index (χ1n) is 17.4. The van der Waals surface area contributed by atoms with Gasteiger partial charge in [0, 0.05) is 38.2 Å². The molecular weight excluding hydrogens is 654 g/mol. The Morgan fingerprint density at radius 1 is 0.980 bits per heavy atom. The molecule has 0 unspecified atom stereocenters. The van der Waals surface area contributed by atoms with Crippen LogP contribution in [0.25, 0.3) is 0 Å². The smallest absolute Gasteiger partial charge is 0.330 e. The Hall–Kier alpha value is -2.76. The monoisotopic (exact) mass is 707 g/mol. The van der Waals surface area contributed by atoms with Crippen LogP contribution in [-0.2, 0) is 33.3 Å². The average molecular weight is 708 g/mol. The third-order valence-electron chi connectivity index (χ3n) is 9.35. The number of esters is 1. The summed E-state index contributed by atoms with van der Waals surface area (Å²) in [5, 5.41) is 64.2. The van der Waals surface area contributed by atoms with E-state index in [1.54, 1.807) is 43.4 Å². The molecule has 2 bridgehead atoms. The second-order valence-electron chi connectivity index (χ2n) is 13.5. The number of epoxide rings is 1. The molecule has 4 aliphatic heterocycles. The summed E-state index contributed by atoms with van der Waals surface area (Å²) in [6, 6.07) is -1.08. The van der Waals surface area contributed by atoms with Gasteiger partial charge in [0.25, 0.3) is 0 Å². The van der Waals surface area contributed by atoms with E-state index in [2.05, 4.69) is 6.92 Å². The highest BCUT2D eigenvalue weighted by atomic mass is 16.7. The number of carbonyl (C=O) groups excluding carboxylic acids is 1. The van der Waals surface area contributed by atoms with E-state index >= 15 is 0 Å². The molecule has 8 N–H and O–H groups in total. The van der Waals surface area contributed by atoms with Crippen LogP contribution in [0.3, 0.4) is 0 Å². The number of allylic oxidation sites excluding steroid dienone is 6. The summed E-state index contributed by atoms with van der Waals surface area (Å²) < 4.78 is 29.0. The van der Waals surface area contributed by atoms with Gasteiger partial charge in [-0.1, -0.05) is 68.4 Å². The topological polar surface area (TPSA) is 231 Å². The van der Waals surface area contributed by atoms with Crippen LogP contribution >= 0.6 is 0 Å². The number of nitrogens with two attached hydrogens (primary N) is 1. The highest BCUT2D eigenvalue weighted by Gasteiger charge is 2.51. The number of aliphatic carboxylic acids is 1. The molecule has 0 spiro atoms. The summed E-state index contributed by atoms with van der Waals surface area (Å²) in [6.45, 7) is 3.64. The van der Waals surface area contributed by atoms with Crippen molar-refractivity contribution in [3.05, 3.63) is 60.8 Å². The molecule has 4 heterocycles. The highest BCUT2D eigenvalue weighted by Crippen LogP contribution is 2.39. The van der Waals surface area contributed by atoms with Crippen LogP contribution in [0.15, 0.2) is 60.8 Å². The maximum atomic E-state index is 12.5. The molecule has 4 aliphatic rings. The Balaban J connectivity index is 1.58. The zero-order valence-electron chi connectivity index (χ0n) is 28.6. The zero-order valence-corrected chi connectivity index (χ0v) is 28.6. The van der Waals surface area contributed by atoms with Gasteiger partial charge in [0.1, 0.15) is 24.2 Å². The number of carboxylic acids is 1. The average Bonchev–Trinajstić information content (AvgIpc) is 3.78. The molecule has 50 heavy (non-hydrogen) atoms. The molecular formula is C36H53NO13. The Morgan fingerprint density at radius 2 is 1.70 bits per heavy atom. The van der Waals surface area contributed by atoms with E-state index in [1.165, 1.54) is 6.08 Å². The molecule has 0 aromatic carbocycles. The van der Waals surface area contributed by atoms with Gasteiger partial charge in [-0.05, 0) is 19.4 Å². The molecule has 0 aliphatic carbocycles. The lowest BCUT2D eigenvalue weighted by Gasteiger charge is -2.45. The maximum absolute atomic E-state index is 12.5. The van der Waals surface area contributed by atoms with Crippen LogP contribution in [0.1, 0.15) is 65.2 Å². The first-order chi connectivity index (χ1) is 23.8. The van der Waals surface area contributed by atoms with Gasteiger partial charge in [-0.15, -0.1) is 0 Å².